The van der Waals surface area contributed by atoms with Crippen LogP contribution in [0.3, 0.4) is 0 Å². The molecule has 0 amide bonds. The van der Waals surface area contributed by atoms with Crippen molar-refractivity contribution in [2.24, 2.45) is 4.99 Å². The van der Waals surface area contributed by atoms with Crippen LogP contribution < -0.4 is 14.8 Å². The van der Waals surface area contributed by atoms with Crippen LogP contribution in [-0.4, -0.2) is 50.7 Å². The molecule has 0 atom stereocenters. The van der Waals surface area contributed by atoms with Gasteiger partial charge < -0.3 is 24.1 Å². The van der Waals surface area contributed by atoms with Gasteiger partial charge in [-0.1, -0.05) is 26.8 Å². The van der Waals surface area contributed by atoms with E-state index >= 15 is 0 Å². The van der Waals surface area contributed by atoms with Crippen LogP contribution in [0.5, 0.6) is 11.5 Å². The number of methoxy groups -OCH3 is 2. The van der Waals surface area contributed by atoms with E-state index in [9.17, 15) is 0 Å². The molecular weight excluding hydrogens is 483 g/mol. The van der Waals surface area contributed by atoms with Crippen molar-refractivity contribution in [3.8, 4) is 11.5 Å². The highest BCUT2D eigenvalue weighted by Gasteiger charge is 2.19. The number of nitrogens with zero attached hydrogens (tertiary/aromatic N) is 3. The number of rotatable bonds is 7. The first kappa shape index (κ1) is 25.1. The first-order chi connectivity index (χ1) is 13.3. The lowest BCUT2D eigenvalue weighted by Crippen LogP contribution is -2.39. The van der Waals surface area contributed by atoms with E-state index in [4.69, 9.17) is 13.9 Å². The Labute approximate surface area is 190 Å². The number of guanidine groups is 1. The number of nitrogens with one attached hydrogen (secondary N) is 1. The number of hydrogen-bond donors (Lipinski definition) is 1. The summed E-state index contributed by atoms with van der Waals surface area (Å²) in [6.45, 7) is 7.60. The summed E-state index contributed by atoms with van der Waals surface area (Å²) in [5.41, 5.74) is 1.12. The van der Waals surface area contributed by atoms with E-state index in [0.29, 0.717) is 12.4 Å². The molecule has 7 nitrogen and oxygen atoms in total. The van der Waals surface area contributed by atoms with Gasteiger partial charge in [-0.15, -0.1) is 24.0 Å². The van der Waals surface area contributed by atoms with E-state index in [-0.39, 0.29) is 29.4 Å². The summed E-state index contributed by atoms with van der Waals surface area (Å²) in [4.78, 5) is 10.8. The number of benzene rings is 1. The average molecular weight is 516 g/mol. The van der Waals surface area contributed by atoms with Crippen LogP contribution in [-0.2, 0) is 18.4 Å². The van der Waals surface area contributed by atoms with Gasteiger partial charge >= 0.3 is 0 Å². The normalized spacial score (nSPS) is 11.6. The van der Waals surface area contributed by atoms with Crippen LogP contribution in [0.1, 0.15) is 38.0 Å². The third-order valence-electron chi connectivity index (χ3n) is 4.45. The van der Waals surface area contributed by atoms with E-state index < -0.39 is 0 Å². The summed E-state index contributed by atoms with van der Waals surface area (Å²) >= 11 is 0. The highest BCUT2D eigenvalue weighted by Crippen LogP contribution is 2.27. The van der Waals surface area contributed by atoms with Crippen molar-refractivity contribution in [1.82, 2.24) is 15.2 Å². The third kappa shape index (κ3) is 7.09. The average Bonchev–Trinajstić information content (AvgIpc) is 3.16. The lowest BCUT2D eigenvalue weighted by molar-refractivity contribution is 0.354. The first-order valence-corrected chi connectivity index (χ1v) is 9.36. The predicted molar refractivity (Wildman–Crippen MR) is 127 cm³/mol. The zero-order valence-corrected chi connectivity index (χ0v) is 20.7. The van der Waals surface area contributed by atoms with Crippen LogP contribution in [0.4, 0.5) is 0 Å². The molecule has 8 heteroatoms. The molecule has 0 aliphatic rings. The number of oxazole rings is 1. The summed E-state index contributed by atoms with van der Waals surface area (Å²) in [6.07, 6.45) is 2.64. The van der Waals surface area contributed by atoms with Gasteiger partial charge in [-0.2, -0.15) is 0 Å². The fourth-order valence-electron chi connectivity index (χ4n) is 2.72. The van der Waals surface area contributed by atoms with Gasteiger partial charge in [-0.3, -0.25) is 4.99 Å². The quantitative estimate of drug-likeness (QED) is 0.343. The number of hydrogen-bond acceptors (Lipinski definition) is 5. The molecule has 0 bridgehead atoms. The zero-order chi connectivity index (χ0) is 20.7. The van der Waals surface area contributed by atoms with Crippen LogP contribution >= 0.6 is 24.0 Å². The molecule has 1 aromatic carbocycles. The monoisotopic (exact) mass is 516 g/mol. The van der Waals surface area contributed by atoms with E-state index in [1.807, 2.05) is 25.2 Å². The van der Waals surface area contributed by atoms with Gasteiger partial charge in [0.05, 0.1) is 27.0 Å². The maximum Gasteiger partial charge on any atom is 0.213 e. The lowest BCUT2D eigenvalue weighted by atomic mass is 9.94. The molecule has 2 rings (SSSR count). The van der Waals surface area contributed by atoms with Crippen molar-refractivity contribution in [3.05, 3.63) is 41.6 Å². The molecule has 0 radical (unpaired) electrons. The van der Waals surface area contributed by atoms with Gasteiger partial charge in [0.25, 0.3) is 0 Å². The molecule has 0 spiro atoms. The fourth-order valence-corrected chi connectivity index (χ4v) is 2.72. The Morgan fingerprint density at radius 2 is 1.90 bits per heavy atom. The maximum atomic E-state index is 5.83. The topological polar surface area (TPSA) is 72.1 Å². The highest BCUT2D eigenvalue weighted by atomic mass is 127. The Morgan fingerprint density at radius 3 is 2.45 bits per heavy atom. The van der Waals surface area contributed by atoms with Crippen LogP contribution in [0.15, 0.2) is 33.8 Å². The van der Waals surface area contributed by atoms with Gasteiger partial charge in [0, 0.05) is 26.1 Å². The van der Waals surface area contributed by atoms with Gasteiger partial charge in [0.1, 0.15) is 5.76 Å². The van der Waals surface area contributed by atoms with Crippen LogP contribution in [0.2, 0.25) is 0 Å². The Kier molecular flexibility index (Phi) is 9.75. The summed E-state index contributed by atoms with van der Waals surface area (Å²) in [7, 11) is 7.06. The second-order valence-corrected chi connectivity index (χ2v) is 7.63. The Balaban J connectivity index is 0.00000420. The van der Waals surface area contributed by atoms with E-state index in [1.165, 1.54) is 5.56 Å². The molecule has 0 saturated heterocycles. The first-order valence-electron chi connectivity index (χ1n) is 9.36. The van der Waals surface area contributed by atoms with Gasteiger partial charge in [0.2, 0.25) is 5.89 Å². The van der Waals surface area contributed by atoms with Crippen molar-refractivity contribution in [1.29, 1.82) is 0 Å². The number of likely N-dealkylation sites (N-methyl/N-ethyl adjacent to an activating group) is 1. The van der Waals surface area contributed by atoms with Gasteiger partial charge in [0.15, 0.2) is 17.5 Å². The molecule has 0 aliphatic carbocycles. The lowest BCUT2D eigenvalue weighted by Gasteiger charge is -2.22. The molecule has 1 heterocycles. The molecule has 2 aromatic rings. The smallest absolute Gasteiger partial charge is 0.213 e. The summed E-state index contributed by atoms with van der Waals surface area (Å²) in [5, 5.41) is 3.30. The maximum absolute atomic E-state index is 5.83. The second-order valence-electron chi connectivity index (χ2n) is 7.63. The molecule has 0 unspecified atom stereocenters. The largest absolute Gasteiger partial charge is 0.493 e. The summed E-state index contributed by atoms with van der Waals surface area (Å²) < 4.78 is 16.5. The van der Waals surface area contributed by atoms with E-state index in [1.54, 1.807) is 27.5 Å². The zero-order valence-electron chi connectivity index (χ0n) is 18.4. The molecule has 162 valence electrons. The van der Waals surface area contributed by atoms with Crippen molar-refractivity contribution in [2.75, 3.05) is 34.9 Å². The SMILES string of the molecule is CN=C(NCc1ncc(C(C)(C)C)o1)N(C)CCc1ccc(OC)c(OC)c1.I. The Morgan fingerprint density at radius 1 is 1.21 bits per heavy atom. The van der Waals surface area contributed by atoms with Crippen molar-refractivity contribution in [2.45, 2.75) is 39.2 Å². The second kappa shape index (κ2) is 11.3. The standard InChI is InChI=1S/C21H32N4O3.HI/c1-21(2,3)18-13-23-19(28-18)14-24-20(22-4)25(5)11-10-15-8-9-16(26-6)17(12-15)27-7;/h8-9,12-13H,10-11,14H2,1-7H3,(H,22,24);1H. The minimum atomic E-state index is -0.0524. The van der Waals surface area contributed by atoms with E-state index in [2.05, 4.69) is 41.0 Å². The van der Waals surface area contributed by atoms with E-state index in [0.717, 1.165) is 36.2 Å². The summed E-state index contributed by atoms with van der Waals surface area (Å²) in [5.74, 6) is 3.79. The van der Waals surface area contributed by atoms with Crippen molar-refractivity contribution in [3.63, 3.8) is 0 Å². The molecular formula is C21H33IN4O3. The molecule has 0 saturated carbocycles. The molecule has 1 N–H and O–H groups in total. The fraction of sp³-hybridized carbons (Fsp3) is 0.524. The predicted octanol–water partition coefficient (Wildman–Crippen LogP) is 3.86. The number of ether oxygens (including phenoxy) is 2. The van der Waals surface area contributed by atoms with Crippen LogP contribution in [0.25, 0.3) is 0 Å². The molecule has 1 aromatic heterocycles. The van der Waals surface area contributed by atoms with Crippen molar-refractivity contribution < 1.29 is 13.9 Å². The molecule has 0 fully saturated rings. The van der Waals surface area contributed by atoms with Gasteiger partial charge in [-0.05, 0) is 24.1 Å². The van der Waals surface area contributed by atoms with Crippen molar-refractivity contribution >= 4 is 29.9 Å². The Bertz CT molecular complexity index is 799. The molecule has 0 aliphatic heterocycles. The molecule has 29 heavy (non-hydrogen) atoms. The van der Waals surface area contributed by atoms with Crippen LogP contribution in [0, 0.1) is 0 Å². The minimum absolute atomic E-state index is 0. The third-order valence-corrected chi connectivity index (χ3v) is 4.45. The highest BCUT2D eigenvalue weighted by molar-refractivity contribution is 14.0. The number of aromatic nitrogens is 1. The van der Waals surface area contributed by atoms with Gasteiger partial charge in [-0.25, -0.2) is 4.98 Å². The minimum Gasteiger partial charge on any atom is -0.493 e. The summed E-state index contributed by atoms with van der Waals surface area (Å²) in [6, 6.07) is 5.98. The Hall–Kier alpha value is -1.97. The number of halogens is 1. The number of aliphatic imine (C=N–C) groups is 1.